The molecular formula is C21H26N6O10. The van der Waals surface area contributed by atoms with Gasteiger partial charge in [0.2, 0.25) is 11.8 Å². The standard InChI is InChI=1S/C13H18N6O2.2C4H4O4/c20-12(16-3-1-10-6-14-8-18-10)5-13(21)17-4-2-11-7-15-9-19-11;2*5-3(6)1-2-4(7)8/h6-9H,1-5H2,(H,14,18)(H,15,19)(H,16,20)(H,17,21);2*1-2H,(H,5,6)(H,7,8)/b;2*2-1+. The summed E-state index contributed by atoms with van der Waals surface area (Å²) in [5.41, 5.74) is 1.89. The van der Waals surface area contributed by atoms with Gasteiger partial charge in [-0.3, -0.25) is 9.59 Å². The highest BCUT2D eigenvalue weighted by molar-refractivity contribution is 5.96. The third-order valence-electron chi connectivity index (χ3n) is 3.60. The van der Waals surface area contributed by atoms with E-state index in [-0.39, 0.29) is 18.2 Å². The van der Waals surface area contributed by atoms with Crippen LogP contribution in [0.1, 0.15) is 17.8 Å². The maximum Gasteiger partial charge on any atom is 0.328 e. The molecule has 37 heavy (non-hydrogen) atoms. The molecule has 0 saturated heterocycles. The third kappa shape index (κ3) is 21.0. The van der Waals surface area contributed by atoms with Gasteiger partial charge in [-0.1, -0.05) is 0 Å². The Balaban J connectivity index is 0.000000669. The van der Waals surface area contributed by atoms with Crippen LogP contribution in [0.3, 0.4) is 0 Å². The van der Waals surface area contributed by atoms with Crippen LogP contribution in [0.4, 0.5) is 0 Å². The van der Waals surface area contributed by atoms with Gasteiger partial charge < -0.3 is 41.0 Å². The Morgan fingerprint density at radius 2 is 0.973 bits per heavy atom. The molecular weight excluding hydrogens is 496 g/mol. The van der Waals surface area contributed by atoms with Gasteiger partial charge in [0.15, 0.2) is 0 Å². The molecule has 0 spiro atoms. The summed E-state index contributed by atoms with van der Waals surface area (Å²) >= 11 is 0. The topological polar surface area (TPSA) is 265 Å². The summed E-state index contributed by atoms with van der Waals surface area (Å²) in [5, 5.41) is 36.6. The van der Waals surface area contributed by atoms with Crippen molar-refractivity contribution in [3.05, 3.63) is 60.7 Å². The molecule has 0 aromatic carbocycles. The fourth-order valence-electron chi connectivity index (χ4n) is 2.07. The predicted molar refractivity (Wildman–Crippen MR) is 124 cm³/mol. The highest BCUT2D eigenvalue weighted by Crippen LogP contribution is 1.92. The van der Waals surface area contributed by atoms with Crippen molar-refractivity contribution in [1.29, 1.82) is 0 Å². The number of H-pyrrole nitrogens is 2. The van der Waals surface area contributed by atoms with Crippen molar-refractivity contribution in [3.63, 3.8) is 0 Å². The Labute approximate surface area is 209 Å². The van der Waals surface area contributed by atoms with Gasteiger partial charge in [0, 0.05) is 74.0 Å². The SMILES string of the molecule is O=C(CC(=O)NCCc1cnc[nH]1)NCCc1cnc[nH]1.O=C(O)/C=C/C(=O)O.O=C(O)/C=C/C(=O)O. The number of carbonyl (C=O) groups is 6. The highest BCUT2D eigenvalue weighted by atomic mass is 16.4. The summed E-state index contributed by atoms with van der Waals surface area (Å²) in [6.07, 6.45) is 9.97. The Hall–Kier alpha value is -5.28. The molecule has 0 radical (unpaired) electrons. The third-order valence-corrected chi connectivity index (χ3v) is 3.60. The Kier molecular flexibility index (Phi) is 16.3. The zero-order valence-corrected chi connectivity index (χ0v) is 19.3. The number of amides is 2. The van der Waals surface area contributed by atoms with Crippen LogP contribution in [-0.2, 0) is 41.6 Å². The molecule has 16 nitrogen and oxygen atoms in total. The van der Waals surface area contributed by atoms with E-state index in [2.05, 4.69) is 30.6 Å². The fourth-order valence-corrected chi connectivity index (χ4v) is 2.07. The summed E-state index contributed by atoms with van der Waals surface area (Å²) in [7, 11) is 0. The smallest absolute Gasteiger partial charge is 0.328 e. The number of imidazole rings is 2. The number of hydrogen-bond donors (Lipinski definition) is 8. The van der Waals surface area contributed by atoms with Crippen LogP contribution < -0.4 is 10.6 Å². The van der Waals surface area contributed by atoms with Crippen molar-refractivity contribution >= 4 is 35.7 Å². The number of aliphatic carboxylic acids is 4. The summed E-state index contributed by atoms with van der Waals surface area (Å²) in [6.45, 7) is 0.949. The number of nitrogens with one attached hydrogen (secondary N) is 4. The molecule has 0 bridgehead atoms. The minimum absolute atomic E-state index is 0.161. The van der Waals surface area contributed by atoms with Crippen LogP contribution in [0.15, 0.2) is 49.4 Å². The maximum absolute atomic E-state index is 11.6. The lowest BCUT2D eigenvalue weighted by molar-refractivity contribution is -0.134. The van der Waals surface area contributed by atoms with Gasteiger partial charge in [0.1, 0.15) is 6.42 Å². The molecule has 0 fully saturated rings. The van der Waals surface area contributed by atoms with E-state index in [0.717, 1.165) is 11.4 Å². The largest absolute Gasteiger partial charge is 0.478 e. The Bertz CT molecular complexity index is 946. The molecule has 200 valence electrons. The molecule has 0 aliphatic heterocycles. The minimum atomic E-state index is -1.26. The molecule has 2 aromatic heterocycles. The van der Waals surface area contributed by atoms with Crippen LogP contribution >= 0.6 is 0 Å². The summed E-state index contributed by atoms with van der Waals surface area (Å²) in [5.74, 6) is -5.60. The van der Waals surface area contributed by atoms with Gasteiger partial charge in [-0.05, 0) is 0 Å². The molecule has 2 heterocycles. The number of rotatable bonds is 12. The first-order valence-corrected chi connectivity index (χ1v) is 10.2. The molecule has 0 aliphatic carbocycles. The normalized spacial score (nSPS) is 9.95. The van der Waals surface area contributed by atoms with Crippen molar-refractivity contribution in [1.82, 2.24) is 30.6 Å². The van der Waals surface area contributed by atoms with Gasteiger partial charge in [-0.25, -0.2) is 29.1 Å². The van der Waals surface area contributed by atoms with Crippen LogP contribution in [0.2, 0.25) is 0 Å². The summed E-state index contributed by atoms with van der Waals surface area (Å²) < 4.78 is 0. The highest BCUT2D eigenvalue weighted by Gasteiger charge is 2.08. The molecule has 2 amide bonds. The maximum atomic E-state index is 11.6. The Morgan fingerprint density at radius 1 is 0.649 bits per heavy atom. The first kappa shape index (κ1) is 31.7. The van der Waals surface area contributed by atoms with Gasteiger partial charge >= 0.3 is 23.9 Å². The lowest BCUT2D eigenvalue weighted by Gasteiger charge is -2.05. The van der Waals surface area contributed by atoms with E-state index in [4.69, 9.17) is 20.4 Å². The van der Waals surface area contributed by atoms with E-state index in [1.54, 1.807) is 25.0 Å². The van der Waals surface area contributed by atoms with E-state index < -0.39 is 23.9 Å². The minimum Gasteiger partial charge on any atom is -0.478 e. The molecule has 0 aliphatic rings. The van der Waals surface area contributed by atoms with Crippen LogP contribution in [0.5, 0.6) is 0 Å². The molecule has 0 atom stereocenters. The van der Waals surface area contributed by atoms with Gasteiger partial charge in [-0.2, -0.15) is 0 Å². The van der Waals surface area contributed by atoms with Gasteiger partial charge in [0.05, 0.1) is 12.7 Å². The fraction of sp³-hybridized carbons (Fsp3) is 0.238. The van der Waals surface area contributed by atoms with Crippen molar-refractivity contribution in [3.8, 4) is 0 Å². The first-order valence-electron chi connectivity index (χ1n) is 10.2. The van der Waals surface area contributed by atoms with E-state index in [1.807, 2.05) is 0 Å². The first-order chi connectivity index (χ1) is 17.5. The average Bonchev–Trinajstić information content (AvgIpc) is 3.52. The molecule has 16 heteroatoms. The number of carboxylic acid groups (broad SMARTS) is 4. The Morgan fingerprint density at radius 3 is 1.22 bits per heavy atom. The van der Waals surface area contributed by atoms with E-state index in [1.165, 1.54) is 0 Å². The quantitative estimate of drug-likeness (QED) is 0.123. The number of aromatic nitrogens is 4. The number of carbonyl (C=O) groups excluding carboxylic acids is 2. The van der Waals surface area contributed by atoms with Crippen molar-refractivity contribution in [2.45, 2.75) is 19.3 Å². The zero-order chi connectivity index (χ0) is 28.1. The molecule has 2 aromatic rings. The van der Waals surface area contributed by atoms with E-state index >= 15 is 0 Å². The van der Waals surface area contributed by atoms with Crippen molar-refractivity contribution in [2.75, 3.05) is 13.1 Å². The lowest BCUT2D eigenvalue weighted by atomic mass is 10.3. The number of hydrogen-bond acceptors (Lipinski definition) is 8. The molecule has 8 N–H and O–H groups in total. The van der Waals surface area contributed by atoms with Crippen LogP contribution in [-0.4, -0.2) is 89.1 Å². The number of aromatic amines is 2. The summed E-state index contributed by atoms with van der Waals surface area (Å²) in [4.78, 5) is 75.0. The van der Waals surface area contributed by atoms with Crippen LogP contribution in [0, 0.1) is 0 Å². The predicted octanol–water partition coefficient (Wildman–Crippen LogP) is -1.04. The monoisotopic (exact) mass is 522 g/mol. The van der Waals surface area contributed by atoms with Crippen LogP contribution in [0.25, 0.3) is 0 Å². The van der Waals surface area contributed by atoms with E-state index in [9.17, 15) is 28.8 Å². The van der Waals surface area contributed by atoms with Crippen molar-refractivity contribution in [2.24, 2.45) is 0 Å². The van der Waals surface area contributed by atoms with Gasteiger partial charge in [0.25, 0.3) is 0 Å². The number of carboxylic acids is 4. The van der Waals surface area contributed by atoms with Crippen molar-refractivity contribution < 1.29 is 49.2 Å². The second-order valence-corrected chi connectivity index (χ2v) is 6.55. The second-order valence-electron chi connectivity index (χ2n) is 6.55. The zero-order valence-electron chi connectivity index (χ0n) is 19.3. The van der Waals surface area contributed by atoms with Gasteiger partial charge in [-0.15, -0.1) is 0 Å². The second kappa shape index (κ2) is 19.1. The lowest BCUT2D eigenvalue weighted by Crippen LogP contribution is -2.33. The average molecular weight is 522 g/mol. The summed E-state index contributed by atoms with van der Waals surface area (Å²) in [6, 6.07) is 0. The molecule has 0 saturated carbocycles. The number of nitrogens with zero attached hydrogens (tertiary/aromatic N) is 2. The molecule has 2 rings (SSSR count). The van der Waals surface area contributed by atoms with E-state index in [0.29, 0.717) is 50.2 Å². The molecule has 0 unspecified atom stereocenters.